The van der Waals surface area contributed by atoms with Crippen molar-refractivity contribution in [2.75, 3.05) is 17.7 Å². The maximum absolute atomic E-state index is 12.7. The summed E-state index contributed by atoms with van der Waals surface area (Å²) in [7, 11) is -1.94. The van der Waals surface area contributed by atoms with E-state index in [0.717, 1.165) is 36.4 Å². The van der Waals surface area contributed by atoms with E-state index in [0.29, 0.717) is 30.2 Å². The summed E-state index contributed by atoms with van der Waals surface area (Å²) in [5.41, 5.74) is 3.52. The Hall–Kier alpha value is -2.31. The van der Waals surface area contributed by atoms with Gasteiger partial charge >= 0.3 is 0 Å². The van der Waals surface area contributed by atoms with E-state index in [-0.39, 0.29) is 5.92 Å². The molecule has 0 saturated carbocycles. The summed E-state index contributed by atoms with van der Waals surface area (Å²) in [6.07, 6.45) is 7.71. The minimum Gasteiger partial charge on any atom is -0.491 e. The zero-order valence-electron chi connectivity index (χ0n) is 18.6. The van der Waals surface area contributed by atoms with Crippen molar-refractivity contribution >= 4 is 33.8 Å². The Morgan fingerprint density at radius 1 is 1.25 bits per heavy atom. The number of fused-ring (bicyclic) bond motifs is 2. The minimum atomic E-state index is -1.94. The average Bonchev–Trinajstić information content (AvgIpc) is 2.80. The summed E-state index contributed by atoms with van der Waals surface area (Å²) in [4.78, 5) is 12.7. The topological polar surface area (TPSA) is 67.8 Å². The van der Waals surface area contributed by atoms with Crippen LogP contribution in [0.4, 0.5) is 5.69 Å². The van der Waals surface area contributed by atoms with E-state index in [1.165, 1.54) is 11.1 Å². The zero-order chi connectivity index (χ0) is 22.9. The molecular weight excluding hydrogens is 444 g/mol. The molecule has 1 heterocycles. The number of amides is 1. The summed E-state index contributed by atoms with van der Waals surface area (Å²) in [6.45, 7) is 5.16. The van der Waals surface area contributed by atoms with Crippen molar-refractivity contribution in [3.63, 3.8) is 0 Å². The molecule has 0 fully saturated rings. The monoisotopic (exact) mass is 474 g/mol. The molecule has 3 rings (SSSR count). The molecule has 1 aliphatic heterocycles. The number of hydrogen-bond acceptors (Lipinski definition) is 4. The highest BCUT2D eigenvalue weighted by Crippen LogP contribution is 2.29. The summed E-state index contributed by atoms with van der Waals surface area (Å²) in [6, 6.07) is 11.2. The van der Waals surface area contributed by atoms with Gasteiger partial charge in [-0.2, -0.15) is 4.36 Å². The van der Waals surface area contributed by atoms with Crippen LogP contribution in [0.2, 0.25) is 5.02 Å². The number of thiol groups is 1. The van der Waals surface area contributed by atoms with Crippen molar-refractivity contribution in [1.82, 2.24) is 0 Å². The second kappa shape index (κ2) is 12.1. The van der Waals surface area contributed by atoms with Crippen LogP contribution in [0.25, 0.3) is 0 Å². The van der Waals surface area contributed by atoms with Crippen LogP contribution < -0.4 is 10.1 Å². The van der Waals surface area contributed by atoms with Crippen LogP contribution in [0.15, 0.2) is 52.9 Å². The minimum absolute atomic E-state index is 0.211. The summed E-state index contributed by atoms with van der Waals surface area (Å²) in [5.74, 6) is 0.845. The molecule has 0 spiro atoms. The van der Waals surface area contributed by atoms with Crippen molar-refractivity contribution < 1.29 is 13.7 Å². The van der Waals surface area contributed by atoms with Gasteiger partial charge in [-0.1, -0.05) is 36.7 Å². The van der Waals surface area contributed by atoms with E-state index in [1.54, 1.807) is 18.2 Å². The number of ether oxygens (including phenoxy) is 1. The number of nitrogens with zero attached hydrogens (tertiary/aromatic N) is 1. The van der Waals surface area contributed by atoms with Gasteiger partial charge in [0.05, 0.1) is 12.3 Å². The average molecular weight is 475 g/mol. The first kappa shape index (κ1) is 24.3. The molecular formula is C25H31ClN2O3S. The van der Waals surface area contributed by atoms with Crippen molar-refractivity contribution in [1.29, 1.82) is 0 Å². The third-order valence-corrected chi connectivity index (χ3v) is 6.98. The number of rotatable bonds is 5. The lowest BCUT2D eigenvalue weighted by Gasteiger charge is -2.14. The third-order valence-electron chi connectivity index (χ3n) is 5.41. The van der Waals surface area contributed by atoms with E-state index < -0.39 is 16.5 Å². The van der Waals surface area contributed by atoms with Gasteiger partial charge in [0, 0.05) is 33.5 Å². The van der Waals surface area contributed by atoms with Crippen molar-refractivity contribution in [3.05, 3.63) is 70.3 Å². The van der Waals surface area contributed by atoms with E-state index in [1.807, 2.05) is 44.2 Å². The molecule has 32 heavy (non-hydrogen) atoms. The molecule has 0 radical (unpaired) electrons. The molecule has 2 aromatic rings. The second-order valence-corrected chi connectivity index (χ2v) is 9.84. The standard InChI is InChI=1S/C25H31ClN2O3S/c1-3-4-7-18(2)17-32(30)28-25(29)20-10-12-24-23(15-20)27-16-21-9-11-22(26)14-19(21)8-5-6-13-31-24/h3-4,9-12,14-15,18,27,32H,5-8,13,16-17H2,1-2H3/b4-3-/t18-/m0/s1. The first-order valence-corrected chi connectivity index (χ1v) is 12.8. The van der Waals surface area contributed by atoms with Crippen LogP contribution >= 0.6 is 11.6 Å². The molecule has 0 aliphatic carbocycles. The van der Waals surface area contributed by atoms with Crippen LogP contribution in [0.1, 0.15) is 54.6 Å². The summed E-state index contributed by atoms with van der Waals surface area (Å²) >= 11 is 6.19. The largest absolute Gasteiger partial charge is 0.491 e. The molecule has 0 bridgehead atoms. The number of halogens is 1. The van der Waals surface area contributed by atoms with Crippen molar-refractivity contribution in [3.8, 4) is 5.75 Å². The molecule has 0 saturated heterocycles. The van der Waals surface area contributed by atoms with E-state index in [4.69, 9.17) is 16.3 Å². The predicted octanol–water partition coefficient (Wildman–Crippen LogP) is 6.07. The zero-order valence-corrected chi connectivity index (χ0v) is 20.3. The fourth-order valence-electron chi connectivity index (χ4n) is 3.63. The van der Waals surface area contributed by atoms with Crippen LogP contribution in [0.3, 0.4) is 0 Å². The van der Waals surface area contributed by atoms with Gasteiger partial charge in [-0.15, -0.1) is 0 Å². The number of carbonyl (C=O) groups is 1. The number of allylic oxidation sites excluding steroid dienone is 2. The van der Waals surface area contributed by atoms with Gasteiger partial charge in [0.2, 0.25) is 0 Å². The van der Waals surface area contributed by atoms with Crippen LogP contribution in [0, 0.1) is 5.92 Å². The SMILES string of the molecule is C/C=C\C[C@H](C)C/[SH](=O)=N/C(=O)c1ccc2c(c1)NCc1ccc(Cl)cc1CCCCO2. The van der Waals surface area contributed by atoms with Gasteiger partial charge in [-0.3, -0.25) is 9.00 Å². The quantitative estimate of drug-likeness (QED) is 0.407. The van der Waals surface area contributed by atoms with E-state index in [2.05, 4.69) is 9.68 Å². The lowest BCUT2D eigenvalue weighted by molar-refractivity contribution is 0.100. The molecule has 2 aromatic carbocycles. The van der Waals surface area contributed by atoms with E-state index in [9.17, 15) is 9.00 Å². The Morgan fingerprint density at radius 3 is 2.91 bits per heavy atom. The maximum atomic E-state index is 12.7. The Labute approximate surface area is 197 Å². The molecule has 7 heteroatoms. The Kier molecular flexibility index (Phi) is 9.18. The van der Waals surface area contributed by atoms with Crippen LogP contribution in [0.5, 0.6) is 5.75 Å². The van der Waals surface area contributed by atoms with Crippen molar-refractivity contribution in [2.24, 2.45) is 10.3 Å². The van der Waals surface area contributed by atoms with Crippen LogP contribution in [-0.2, 0) is 23.6 Å². The molecule has 5 nitrogen and oxygen atoms in total. The number of aryl methyl sites for hydroxylation is 1. The summed E-state index contributed by atoms with van der Waals surface area (Å²) < 4.78 is 22.3. The van der Waals surface area contributed by atoms with Gasteiger partial charge in [0.1, 0.15) is 5.75 Å². The predicted molar refractivity (Wildman–Crippen MR) is 133 cm³/mol. The van der Waals surface area contributed by atoms with Crippen molar-refractivity contribution in [2.45, 2.75) is 46.1 Å². The maximum Gasteiger partial charge on any atom is 0.284 e. The fraction of sp³-hybridized carbons (Fsp3) is 0.400. The molecule has 1 aliphatic rings. The number of benzene rings is 2. The lowest BCUT2D eigenvalue weighted by Crippen LogP contribution is -2.07. The third kappa shape index (κ3) is 7.10. The first-order valence-electron chi connectivity index (χ1n) is 11.1. The first-order chi connectivity index (χ1) is 15.5. The highest BCUT2D eigenvalue weighted by atomic mass is 35.5. The fourth-order valence-corrected chi connectivity index (χ4v) is 4.90. The number of nitrogens with one attached hydrogen (secondary N) is 1. The van der Waals surface area contributed by atoms with Gasteiger partial charge in [0.15, 0.2) is 0 Å². The highest BCUT2D eigenvalue weighted by molar-refractivity contribution is 7.75. The van der Waals surface area contributed by atoms with Gasteiger partial charge in [-0.25, -0.2) is 0 Å². The number of carbonyl (C=O) groups excluding carboxylic acids is 1. The summed E-state index contributed by atoms with van der Waals surface area (Å²) in [5, 5.41) is 4.13. The normalized spacial score (nSPS) is 16.2. The van der Waals surface area contributed by atoms with E-state index >= 15 is 0 Å². The Balaban J connectivity index is 1.79. The molecule has 0 aromatic heterocycles. The lowest BCUT2D eigenvalue weighted by atomic mass is 10.0. The van der Waals surface area contributed by atoms with Crippen LogP contribution in [-0.4, -0.2) is 22.5 Å². The molecule has 2 atom stereocenters. The smallest absolute Gasteiger partial charge is 0.284 e. The number of anilines is 1. The van der Waals surface area contributed by atoms with Gasteiger partial charge in [0.25, 0.3) is 5.91 Å². The molecule has 172 valence electrons. The van der Waals surface area contributed by atoms with Gasteiger partial charge < -0.3 is 10.1 Å². The Morgan fingerprint density at radius 2 is 2.09 bits per heavy atom. The van der Waals surface area contributed by atoms with Gasteiger partial charge in [-0.05, 0) is 80.0 Å². The highest BCUT2D eigenvalue weighted by Gasteiger charge is 2.13. The number of hydrogen-bond donors (Lipinski definition) is 2. The Bertz CT molecular complexity index is 1060. The molecule has 1 unspecified atom stereocenters. The second-order valence-electron chi connectivity index (χ2n) is 8.13. The molecule has 1 N–H and O–H groups in total. The molecule has 1 amide bonds.